The fourth-order valence-electron chi connectivity index (χ4n) is 4.86. The highest BCUT2D eigenvalue weighted by Gasteiger charge is 2.29. The minimum atomic E-state index is -1.54. The van der Waals surface area contributed by atoms with E-state index in [0.717, 1.165) is 58.5 Å². The number of aryl methyl sites for hydroxylation is 1. The van der Waals surface area contributed by atoms with Crippen molar-refractivity contribution < 1.29 is 14.1 Å². The van der Waals surface area contributed by atoms with Crippen LogP contribution in [0.1, 0.15) is 45.7 Å². The Hall–Kier alpha value is -3.92. The Morgan fingerprint density at radius 2 is 1.77 bits per heavy atom. The fraction of sp³-hybridized carbons (Fsp3) is 0.194. The number of hydrogen-bond acceptors (Lipinski definition) is 5. The van der Waals surface area contributed by atoms with E-state index in [1.165, 1.54) is 16.9 Å². The normalized spacial score (nSPS) is 13.8. The van der Waals surface area contributed by atoms with Gasteiger partial charge in [0.05, 0.1) is 16.3 Å². The van der Waals surface area contributed by atoms with E-state index >= 15 is 0 Å². The van der Waals surface area contributed by atoms with Crippen molar-refractivity contribution in [3.05, 3.63) is 106 Å². The van der Waals surface area contributed by atoms with Gasteiger partial charge in [-0.3, -0.25) is 0 Å². The summed E-state index contributed by atoms with van der Waals surface area (Å²) in [5, 5.41) is 22.3. The zero-order valence-electron chi connectivity index (χ0n) is 21.9. The second kappa shape index (κ2) is 10.9. The minimum Gasteiger partial charge on any atom is -0.476 e. The molecule has 0 saturated heterocycles. The number of hydrogen-bond donors (Lipinski definition) is 2. The van der Waals surface area contributed by atoms with E-state index in [2.05, 4.69) is 54.4 Å². The maximum Gasteiger partial charge on any atom is 0.355 e. The Balaban J connectivity index is 1.50. The Labute approximate surface area is 238 Å². The summed E-state index contributed by atoms with van der Waals surface area (Å²) in [6.07, 6.45) is 3.78. The first-order valence-electron chi connectivity index (χ1n) is 13.1. The molecule has 2 heterocycles. The van der Waals surface area contributed by atoms with Crippen LogP contribution in [-0.2, 0) is 23.8 Å². The quantitative estimate of drug-likeness (QED) is 0.220. The van der Waals surface area contributed by atoms with Gasteiger partial charge in [0.1, 0.15) is 11.0 Å². The zero-order valence-corrected chi connectivity index (χ0v) is 23.5. The molecule has 9 heteroatoms. The van der Waals surface area contributed by atoms with Crippen LogP contribution in [0.15, 0.2) is 83.1 Å². The largest absolute Gasteiger partial charge is 0.476 e. The van der Waals surface area contributed by atoms with Crippen molar-refractivity contribution in [1.82, 2.24) is 14.8 Å². The predicted molar refractivity (Wildman–Crippen MR) is 158 cm³/mol. The third kappa shape index (κ3) is 5.54. The SMILES string of the molecule is Cc1ccc(-c2cccc(-c3nn(-c4nc(C(=O)O)cs4)c(CC4CC4)c3Cc3ccc(S(N)=O)cc3)c2)cc1. The number of thiazole rings is 1. The van der Waals surface area contributed by atoms with Crippen LogP contribution in [0.5, 0.6) is 0 Å². The first kappa shape index (κ1) is 26.3. The lowest BCUT2D eigenvalue weighted by molar-refractivity contribution is 0.0691. The molecule has 7 nitrogen and oxygen atoms in total. The van der Waals surface area contributed by atoms with E-state index in [-0.39, 0.29) is 5.69 Å². The predicted octanol–water partition coefficient (Wildman–Crippen LogP) is 6.19. The third-order valence-corrected chi connectivity index (χ3v) is 8.77. The van der Waals surface area contributed by atoms with Crippen molar-refractivity contribution in [2.24, 2.45) is 11.1 Å². The van der Waals surface area contributed by atoms with Crippen LogP contribution in [0.2, 0.25) is 0 Å². The van der Waals surface area contributed by atoms with Crippen LogP contribution in [0.25, 0.3) is 27.5 Å². The van der Waals surface area contributed by atoms with E-state index in [1.807, 2.05) is 22.9 Å². The Morgan fingerprint density at radius 1 is 1.05 bits per heavy atom. The molecule has 0 radical (unpaired) electrons. The van der Waals surface area contributed by atoms with E-state index in [4.69, 9.17) is 10.2 Å². The maximum atomic E-state index is 11.7. The lowest BCUT2D eigenvalue weighted by Gasteiger charge is -2.10. The molecule has 1 aliphatic carbocycles. The molecule has 1 saturated carbocycles. The molecular weight excluding hydrogens is 541 g/mol. The highest BCUT2D eigenvalue weighted by molar-refractivity contribution is 7.82. The van der Waals surface area contributed by atoms with Crippen molar-refractivity contribution in [3.63, 3.8) is 0 Å². The molecule has 1 fully saturated rings. The molecule has 2 aromatic heterocycles. The molecular formula is C31H28N4O3S2. The van der Waals surface area contributed by atoms with Crippen molar-refractivity contribution >= 4 is 28.3 Å². The van der Waals surface area contributed by atoms with Gasteiger partial charge in [-0.05, 0) is 67.0 Å². The molecule has 0 spiro atoms. The summed E-state index contributed by atoms with van der Waals surface area (Å²) in [4.78, 5) is 16.6. The van der Waals surface area contributed by atoms with Gasteiger partial charge in [0.2, 0.25) is 5.13 Å². The highest BCUT2D eigenvalue weighted by atomic mass is 32.2. The van der Waals surface area contributed by atoms with E-state index < -0.39 is 17.0 Å². The second-order valence-corrected chi connectivity index (χ2v) is 12.1. The first-order chi connectivity index (χ1) is 19.4. The van der Waals surface area contributed by atoms with E-state index in [1.54, 1.807) is 17.5 Å². The van der Waals surface area contributed by atoms with E-state index in [0.29, 0.717) is 22.4 Å². The number of aromatic nitrogens is 3. The number of carboxylic acids is 1. The summed E-state index contributed by atoms with van der Waals surface area (Å²) in [6, 6.07) is 24.3. The summed E-state index contributed by atoms with van der Waals surface area (Å²) < 4.78 is 13.6. The Morgan fingerprint density at radius 3 is 2.42 bits per heavy atom. The van der Waals surface area contributed by atoms with Gasteiger partial charge in [0, 0.05) is 22.9 Å². The van der Waals surface area contributed by atoms with Crippen LogP contribution >= 0.6 is 11.3 Å². The van der Waals surface area contributed by atoms with Crippen molar-refractivity contribution in [2.45, 2.75) is 37.5 Å². The van der Waals surface area contributed by atoms with Gasteiger partial charge < -0.3 is 5.11 Å². The maximum absolute atomic E-state index is 11.7. The zero-order chi connectivity index (χ0) is 27.8. The Bertz CT molecular complexity index is 1720. The smallest absolute Gasteiger partial charge is 0.355 e. The van der Waals surface area contributed by atoms with E-state index in [9.17, 15) is 14.1 Å². The summed E-state index contributed by atoms with van der Waals surface area (Å²) >= 11 is 1.28. The monoisotopic (exact) mass is 568 g/mol. The standard InChI is InChI=1S/C31H28N4O3S2/c1-19-5-11-22(12-6-19)23-3-2-4-24(17-23)29-26(15-20-9-13-25(14-10-20)40(32)38)28(16-21-7-8-21)35(34-29)31-33-27(18-39-31)30(36)37/h2-6,9-14,17-18,21H,7-8,15-16,32H2,1H3,(H,36,37). The van der Waals surface area contributed by atoms with Crippen LogP contribution in [-0.4, -0.2) is 30.0 Å². The number of carbonyl (C=O) groups is 1. The molecule has 202 valence electrons. The van der Waals surface area contributed by atoms with Gasteiger partial charge in [-0.2, -0.15) is 5.10 Å². The Kier molecular flexibility index (Phi) is 7.18. The molecule has 3 aromatic carbocycles. The molecule has 0 bridgehead atoms. The van der Waals surface area contributed by atoms with Crippen LogP contribution in [0, 0.1) is 12.8 Å². The number of nitrogens with two attached hydrogens (primary N) is 1. The first-order valence-corrected chi connectivity index (χ1v) is 15.2. The topological polar surface area (TPSA) is 111 Å². The minimum absolute atomic E-state index is 0.0164. The van der Waals surface area contributed by atoms with Crippen molar-refractivity contribution in [2.75, 3.05) is 0 Å². The van der Waals surface area contributed by atoms with Gasteiger partial charge in [-0.25, -0.2) is 23.8 Å². The lowest BCUT2D eigenvalue weighted by atomic mass is 9.95. The molecule has 1 aliphatic rings. The number of benzene rings is 3. The van der Waals surface area contributed by atoms with Crippen LogP contribution in [0.4, 0.5) is 0 Å². The van der Waals surface area contributed by atoms with Crippen LogP contribution in [0.3, 0.4) is 0 Å². The number of nitrogens with zero attached hydrogens (tertiary/aromatic N) is 3. The van der Waals surface area contributed by atoms with Gasteiger partial charge >= 0.3 is 5.97 Å². The third-order valence-electron chi connectivity index (χ3n) is 7.22. The average molecular weight is 569 g/mol. The fourth-order valence-corrected chi connectivity index (χ4v) is 6.04. The molecule has 3 N–H and O–H groups in total. The number of aromatic carboxylic acids is 1. The summed E-state index contributed by atoms with van der Waals surface area (Å²) in [5.74, 6) is -0.482. The number of carboxylic acid groups (broad SMARTS) is 1. The van der Waals surface area contributed by atoms with Crippen molar-refractivity contribution in [3.8, 4) is 27.5 Å². The van der Waals surface area contributed by atoms with Crippen LogP contribution < -0.4 is 5.14 Å². The molecule has 0 aliphatic heterocycles. The summed E-state index contributed by atoms with van der Waals surface area (Å²) in [7, 11) is -1.54. The summed E-state index contributed by atoms with van der Waals surface area (Å²) in [5.41, 5.74) is 8.47. The number of rotatable bonds is 9. The lowest BCUT2D eigenvalue weighted by Crippen LogP contribution is -2.06. The van der Waals surface area contributed by atoms with Gasteiger partial charge in [-0.15, -0.1) is 11.3 Å². The van der Waals surface area contributed by atoms with Gasteiger partial charge in [0.25, 0.3) is 0 Å². The molecule has 40 heavy (non-hydrogen) atoms. The highest BCUT2D eigenvalue weighted by Crippen LogP contribution is 2.38. The summed E-state index contributed by atoms with van der Waals surface area (Å²) in [6.45, 7) is 2.08. The molecule has 0 amide bonds. The molecule has 1 atom stereocenters. The molecule has 5 aromatic rings. The van der Waals surface area contributed by atoms with Gasteiger partial charge in [0.15, 0.2) is 5.69 Å². The molecule has 6 rings (SSSR count). The van der Waals surface area contributed by atoms with Crippen molar-refractivity contribution in [1.29, 1.82) is 0 Å². The average Bonchev–Trinajstić information content (AvgIpc) is 3.51. The second-order valence-electron chi connectivity index (χ2n) is 10.2. The molecule has 1 unspecified atom stereocenters. The van der Waals surface area contributed by atoms with Gasteiger partial charge in [-0.1, -0.05) is 60.2 Å².